The maximum atomic E-state index is 13.5. The summed E-state index contributed by atoms with van der Waals surface area (Å²) in [5.74, 6) is -0.267. The van der Waals surface area contributed by atoms with E-state index in [1.807, 2.05) is 6.07 Å². The first-order valence-corrected chi connectivity index (χ1v) is 9.18. The molecule has 0 spiro atoms. The van der Waals surface area contributed by atoms with E-state index in [0.717, 1.165) is 32.7 Å². The van der Waals surface area contributed by atoms with Gasteiger partial charge in [-0.15, -0.1) is 0 Å². The first-order valence-electron chi connectivity index (χ1n) is 9.18. The summed E-state index contributed by atoms with van der Waals surface area (Å²) in [5, 5.41) is 10.2. The second-order valence-corrected chi connectivity index (χ2v) is 6.82. The zero-order chi connectivity index (χ0) is 18.2. The molecule has 1 aliphatic rings. The summed E-state index contributed by atoms with van der Waals surface area (Å²) >= 11 is 0. The number of rotatable bonds is 8. The molecule has 0 aromatic heterocycles. The highest BCUT2D eigenvalue weighted by molar-refractivity contribution is 5.16. The van der Waals surface area contributed by atoms with Crippen molar-refractivity contribution in [3.8, 4) is 0 Å². The molecule has 0 aliphatic carbocycles. The maximum Gasteiger partial charge on any atom is 0.128 e. The Bertz CT molecular complexity index is 660. The van der Waals surface area contributed by atoms with Crippen molar-refractivity contribution in [2.75, 3.05) is 39.3 Å². The fourth-order valence-corrected chi connectivity index (χ4v) is 3.24. The summed E-state index contributed by atoms with van der Waals surface area (Å²) in [4.78, 5) is 4.70. The predicted molar refractivity (Wildman–Crippen MR) is 100 cm³/mol. The third-order valence-electron chi connectivity index (χ3n) is 4.71. The Morgan fingerprint density at radius 2 is 1.58 bits per heavy atom. The summed E-state index contributed by atoms with van der Waals surface area (Å²) < 4.78 is 19.0. The van der Waals surface area contributed by atoms with Crippen molar-refractivity contribution >= 4 is 0 Å². The molecule has 3 rings (SSSR count). The average molecular weight is 358 g/mol. The number of β-amino-alcohol motifs (C(OH)–C–C–N with tert-alkyl or cyclic N) is 1. The molecule has 2 aromatic carbocycles. The van der Waals surface area contributed by atoms with Crippen molar-refractivity contribution in [2.45, 2.75) is 19.3 Å². The van der Waals surface area contributed by atoms with Crippen LogP contribution >= 0.6 is 0 Å². The Morgan fingerprint density at radius 1 is 0.923 bits per heavy atom. The SMILES string of the molecule is O[C@H](COCc1ccccc1F)CN1CCN(Cc2ccccc2)CC1. The molecule has 0 bridgehead atoms. The van der Waals surface area contributed by atoms with Gasteiger partial charge in [-0.1, -0.05) is 48.5 Å². The Labute approximate surface area is 154 Å². The number of ether oxygens (including phenoxy) is 1. The predicted octanol–water partition coefficient (Wildman–Crippen LogP) is 2.52. The van der Waals surface area contributed by atoms with Crippen LogP contribution in [-0.2, 0) is 17.9 Å². The monoisotopic (exact) mass is 358 g/mol. The zero-order valence-electron chi connectivity index (χ0n) is 15.1. The summed E-state index contributed by atoms with van der Waals surface area (Å²) in [6.07, 6.45) is -0.553. The largest absolute Gasteiger partial charge is 0.389 e. The second kappa shape index (κ2) is 9.78. The van der Waals surface area contributed by atoms with Gasteiger partial charge in [0.1, 0.15) is 5.82 Å². The second-order valence-electron chi connectivity index (χ2n) is 6.82. The highest BCUT2D eigenvalue weighted by Gasteiger charge is 2.19. The summed E-state index contributed by atoms with van der Waals surface area (Å²) in [6.45, 7) is 5.86. The fourth-order valence-electron chi connectivity index (χ4n) is 3.24. The van der Waals surface area contributed by atoms with Gasteiger partial charge in [-0.05, 0) is 11.6 Å². The molecule has 5 heteroatoms. The summed E-state index contributed by atoms with van der Waals surface area (Å²) in [5.41, 5.74) is 1.86. The Balaban J connectivity index is 1.33. The number of hydrogen-bond donors (Lipinski definition) is 1. The highest BCUT2D eigenvalue weighted by atomic mass is 19.1. The molecule has 2 aromatic rings. The van der Waals surface area contributed by atoms with Crippen LogP contribution in [0.1, 0.15) is 11.1 Å². The van der Waals surface area contributed by atoms with Crippen LogP contribution in [0.4, 0.5) is 4.39 Å². The van der Waals surface area contributed by atoms with Gasteiger partial charge in [-0.3, -0.25) is 9.80 Å². The molecule has 1 heterocycles. The van der Waals surface area contributed by atoms with Crippen LogP contribution < -0.4 is 0 Å². The average Bonchev–Trinajstić information content (AvgIpc) is 2.66. The minimum atomic E-state index is -0.553. The van der Waals surface area contributed by atoms with Gasteiger partial charge < -0.3 is 9.84 Å². The van der Waals surface area contributed by atoms with E-state index < -0.39 is 6.10 Å². The quantitative estimate of drug-likeness (QED) is 0.787. The normalized spacial score (nSPS) is 17.3. The third-order valence-corrected chi connectivity index (χ3v) is 4.71. The van der Waals surface area contributed by atoms with E-state index in [-0.39, 0.29) is 19.0 Å². The van der Waals surface area contributed by atoms with Crippen LogP contribution in [0, 0.1) is 5.82 Å². The highest BCUT2D eigenvalue weighted by Crippen LogP contribution is 2.10. The minimum Gasteiger partial charge on any atom is -0.389 e. The van der Waals surface area contributed by atoms with Gasteiger partial charge in [0.05, 0.1) is 19.3 Å². The molecule has 1 atom stereocenters. The molecule has 0 unspecified atom stereocenters. The van der Waals surface area contributed by atoms with Crippen molar-refractivity contribution in [1.82, 2.24) is 9.80 Å². The molecule has 1 N–H and O–H groups in total. The lowest BCUT2D eigenvalue weighted by Crippen LogP contribution is -2.48. The number of aliphatic hydroxyl groups excluding tert-OH is 1. The molecule has 0 saturated carbocycles. The molecule has 1 fully saturated rings. The van der Waals surface area contributed by atoms with Gasteiger partial charge in [0.15, 0.2) is 0 Å². The fraction of sp³-hybridized carbons (Fsp3) is 0.429. The lowest BCUT2D eigenvalue weighted by molar-refractivity contribution is 0.000255. The van der Waals surface area contributed by atoms with E-state index in [4.69, 9.17) is 4.74 Å². The zero-order valence-corrected chi connectivity index (χ0v) is 15.1. The van der Waals surface area contributed by atoms with Gasteiger partial charge in [0, 0.05) is 44.8 Å². The van der Waals surface area contributed by atoms with Gasteiger partial charge in [0.25, 0.3) is 0 Å². The van der Waals surface area contributed by atoms with Crippen molar-refractivity contribution < 1.29 is 14.2 Å². The Kier molecular flexibility index (Phi) is 7.14. The molecular formula is C21H27FN2O2. The molecular weight excluding hydrogens is 331 g/mol. The topological polar surface area (TPSA) is 35.9 Å². The number of halogens is 1. The molecule has 0 radical (unpaired) electrons. The van der Waals surface area contributed by atoms with Crippen molar-refractivity contribution in [2.24, 2.45) is 0 Å². The molecule has 1 saturated heterocycles. The van der Waals surface area contributed by atoms with E-state index in [2.05, 4.69) is 34.1 Å². The standard InChI is InChI=1S/C21H27FN2O2/c22-21-9-5-4-8-19(21)16-26-17-20(25)15-24-12-10-23(11-13-24)14-18-6-2-1-3-7-18/h1-9,20,25H,10-17H2/t20-/m0/s1. The lowest BCUT2D eigenvalue weighted by atomic mass is 10.2. The van der Waals surface area contributed by atoms with E-state index in [1.54, 1.807) is 18.2 Å². The van der Waals surface area contributed by atoms with Crippen LogP contribution in [-0.4, -0.2) is 60.3 Å². The number of aliphatic hydroxyl groups is 1. The molecule has 0 amide bonds. The van der Waals surface area contributed by atoms with E-state index in [0.29, 0.717) is 12.1 Å². The van der Waals surface area contributed by atoms with Crippen LogP contribution in [0.2, 0.25) is 0 Å². The smallest absolute Gasteiger partial charge is 0.128 e. The van der Waals surface area contributed by atoms with Gasteiger partial charge in [-0.2, -0.15) is 0 Å². The first-order chi connectivity index (χ1) is 12.7. The third kappa shape index (κ3) is 5.88. The molecule has 26 heavy (non-hydrogen) atoms. The van der Waals surface area contributed by atoms with Crippen molar-refractivity contribution in [3.63, 3.8) is 0 Å². The first kappa shape index (κ1) is 19.0. The van der Waals surface area contributed by atoms with E-state index in [9.17, 15) is 9.50 Å². The van der Waals surface area contributed by atoms with Crippen LogP contribution in [0.5, 0.6) is 0 Å². The van der Waals surface area contributed by atoms with E-state index in [1.165, 1.54) is 11.6 Å². The van der Waals surface area contributed by atoms with Crippen LogP contribution in [0.15, 0.2) is 54.6 Å². The summed E-state index contributed by atoms with van der Waals surface area (Å²) in [6, 6.07) is 17.1. The number of piperazine rings is 1. The van der Waals surface area contributed by atoms with Crippen LogP contribution in [0.3, 0.4) is 0 Å². The minimum absolute atomic E-state index is 0.189. The maximum absolute atomic E-state index is 13.5. The van der Waals surface area contributed by atoms with Crippen molar-refractivity contribution in [3.05, 3.63) is 71.5 Å². The molecule has 140 valence electrons. The summed E-state index contributed by atoms with van der Waals surface area (Å²) in [7, 11) is 0. The van der Waals surface area contributed by atoms with Gasteiger partial charge in [-0.25, -0.2) is 4.39 Å². The van der Waals surface area contributed by atoms with Gasteiger partial charge >= 0.3 is 0 Å². The molecule has 1 aliphatic heterocycles. The Morgan fingerprint density at radius 3 is 2.31 bits per heavy atom. The van der Waals surface area contributed by atoms with Crippen LogP contribution in [0.25, 0.3) is 0 Å². The lowest BCUT2D eigenvalue weighted by Gasteiger charge is -2.35. The number of hydrogen-bond acceptors (Lipinski definition) is 4. The Hall–Kier alpha value is -1.79. The molecule has 4 nitrogen and oxygen atoms in total. The number of benzene rings is 2. The van der Waals surface area contributed by atoms with Crippen molar-refractivity contribution in [1.29, 1.82) is 0 Å². The van der Waals surface area contributed by atoms with Gasteiger partial charge in [0.2, 0.25) is 0 Å². The van der Waals surface area contributed by atoms with E-state index >= 15 is 0 Å². The number of nitrogens with zero attached hydrogens (tertiary/aromatic N) is 2.